The molecule has 0 unspecified atom stereocenters. The zero-order valence-electron chi connectivity index (χ0n) is 14.1. The van der Waals surface area contributed by atoms with E-state index in [1.54, 1.807) is 18.2 Å². The first kappa shape index (κ1) is 16.6. The first-order valence-corrected chi connectivity index (χ1v) is 8.27. The molecule has 5 nitrogen and oxygen atoms in total. The van der Waals surface area contributed by atoms with Crippen molar-refractivity contribution in [1.82, 2.24) is 0 Å². The number of carbonyl (C=O) groups excluding carboxylic acids is 1. The Morgan fingerprint density at radius 2 is 1.81 bits per heavy atom. The summed E-state index contributed by atoms with van der Waals surface area (Å²) in [5, 5.41) is 11.5. The van der Waals surface area contributed by atoms with E-state index in [9.17, 15) is 9.59 Å². The molecule has 0 saturated carbocycles. The summed E-state index contributed by atoms with van der Waals surface area (Å²) in [5.74, 6) is -0.527. The minimum atomic E-state index is -0.527. The van der Waals surface area contributed by atoms with Gasteiger partial charge >= 0.3 is 11.6 Å². The normalized spacial score (nSPS) is 10.6. The molecular weight excluding hydrogens is 342 g/mol. The molecule has 1 aromatic heterocycles. The Hall–Kier alpha value is -3.91. The molecule has 4 aromatic rings. The van der Waals surface area contributed by atoms with E-state index < -0.39 is 11.6 Å². The molecule has 0 aliphatic carbocycles. The van der Waals surface area contributed by atoms with Crippen LogP contribution >= 0.6 is 0 Å². The van der Waals surface area contributed by atoms with Crippen molar-refractivity contribution in [2.45, 2.75) is 6.61 Å². The summed E-state index contributed by atoms with van der Waals surface area (Å²) in [4.78, 5) is 24.2. The predicted octanol–water partition coefficient (Wildman–Crippen LogP) is 4.17. The number of nitriles is 1. The lowest BCUT2D eigenvalue weighted by Gasteiger charge is -2.09. The van der Waals surface area contributed by atoms with Crippen LogP contribution in [0.3, 0.4) is 0 Å². The fraction of sp³-hybridized carbons (Fsp3) is 0.0455. The van der Waals surface area contributed by atoms with Crippen molar-refractivity contribution in [3.05, 3.63) is 93.8 Å². The molecule has 3 aromatic carbocycles. The smallest absolute Gasteiger partial charge is 0.338 e. The fourth-order valence-corrected chi connectivity index (χ4v) is 3.04. The van der Waals surface area contributed by atoms with Crippen LogP contribution in [0.25, 0.3) is 21.7 Å². The summed E-state index contributed by atoms with van der Waals surface area (Å²) in [6.45, 7) is -0.0606. The molecule has 1 heterocycles. The number of benzene rings is 3. The molecular formula is C22H13NO4. The highest BCUT2D eigenvalue weighted by molar-refractivity contribution is 6.07. The van der Waals surface area contributed by atoms with E-state index in [1.165, 1.54) is 18.2 Å². The second kappa shape index (κ2) is 6.77. The summed E-state index contributed by atoms with van der Waals surface area (Å²) in [6, 6.07) is 20.9. The van der Waals surface area contributed by atoms with Crippen LogP contribution in [-0.2, 0) is 11.3 Å². The number of hydrogen-bond donors (Lipinski definition) is 0. The predicted molar refractivity (Wildman–Crippen MR) is 100 cm³/mol. The largest absolute Gasteiger partial charge is 0.457 e. The lowest BCUT2D eigenvalue weighted by molar-refractivity contribution is 0.0474. The standard InChI is InChI=1S/C22H13NO4/c23-12-14-5-7-16(8-6-14)22(25)26-13-17-11-20(24)27-19-10-9-15-3-1-2-4-18(15)21(17)19/h1-11H,13H2. The van der Waals surface area contributed by atoms with Gasteiger partial charge in [-0.15, -0.1) is 0 Å². The summed E-state index contributed by atoms with van der Waals surface area (Å²) in [7, 11) is 0. The maximum Gasteiger partial charge on any atom is 0.338 e. The van der Waals surface area contributed by atoms with E-state index in [4.69, 9.17) is 14.4 Å². The third kappa shape index (κ3) is 3.16. The first-order valence-electron chi connectivity index (χ1n) is 8.27. The van der Waals surface area contributed by atoms with Crippen LogP contribution in [0.5, 0.6) is 0 Å². The summed E-state index contributed by atoms with van der Waals surface area (Å²) in [6.07, 6.45) is 0. The summed E-state index contributed by atoms with van der Waals surface area (Å²) >= 11 is 0. The van der Waals surface area contributed by atoms with Gasteiger partial charge in [-0.3, -0.25) is 0 Å². The molecule has 0 aliphatic rings. The van der Waals surface area contributed by atoms with Crippen LogP contribution in [0.4, 0.5) is 0 Å². The highest BCUT2D eigenvalue weighted by Crippen LogP contribution is 2.27. The monoisotopic (exact) mass is 355 g/mol. The molecule has 5 heteroatoms. The van der Waals surface area contributed by atoms with Gasteiger partial charge in [-0.1, -0.05) is 30.3 Å². The Bertz CT molecular complexity index is 1260. The minimum absolute atomic E-state index is 0.0606. The third-order valence-corrected chi connectivity index (χ3v) is 4.32. The van der Waals surface area contributed by atoms with Gasteiger partial charge in [0.15, 0.2) is 0 Å². The van der Waals surface area contributed by atoms with Crippen molar-refractivity contribution in [1.29, 1.82) is 5.26 Å². The Kier molecular flexibility index (Phi) is 4.15. The highest BCUT2D eigenvalue weighted by Gasteiger charge is 2.13. The molecule has 0 fully saturated rings. The van der Waals surface area contributed by atoms with Crippen molar-refractivity contribution >= 4 is 27.7 Å². The van der Waals surface area contributed by atoms with Crippen molar-refractivity contribution in [2.24, 2.45) is 0 Å². The first-order chi connectivity index (χ1) is 13.2. The van der Waals surface area contributed by atoms with Crippen molar-refractivity contribution in [3.8, 4) is 6.07 Å². The van der Waals surface area contributed by atoms with Gasteiger partial charge in [-0.2, -0.15) is 5.26 Å². The van der Waals surface area contributed by atoms with E-state index in [2.05, 4.69) is 0 Å². The van der Waals surface area contributed by atoms with Gasteiger partial charge in [0, 0.05) is 17.0 Å². The number of nitrogens with zero attached hydrogens (tertiary/aromatic N) is 1. The SMILES string of the molecule is N#Cc1ccc(C(=O)OCc2cc(=O)oc3ccc4ccccc4c23)cc1. The van der Waals surface area contributed by atoms with E-state index in [0.717, 1.165) is 16.2 Å². The molecule has 0 radical (unpaired) electrons. The van der Waals surface area contributed by atoms with E-state index in [0.29, 0.717) is 22.3 Å². The zero-order chi connectivity index (χ0) is 18.8. The molecule has 0 N–H and O–H groups in total. The maximum absolute atomic E-state index is 12.3. The van der Waals surface area contributed by atoms with E-state index >= 15 is 0 Å². The average molecular weight is 355 g/mol. The number of ether oxygens (including phenoxy) is 1. The lowest BCUT2D eigenvalue weighted by atomic mass is 10.0. The van der Waals surface area contributed by atoms with Gasteiger partial charge in [-0.25, -0.2) is 9.59 Å². The number of esters is 1. The lowest BCUT2D eigenvalue weighted by Crippen LogP contribution is -2.08. The van der Waals surface area contributed by atoms with Gasteiger partial charge in [0.05, 0.1) is 17.2 Å². The number of fused-ring (bicyclic) bond motifs is 3. The molecule has 0 bridgehead atoms. The molecule has 130 valence electrons. The molecule has 4 rings (SSSR count). The molecule has 0 atom stereocenters. The number of carbonyl (C=O) groups is 1. The quantitative estimate of drug-likeness (QED) is 0.313. The Morgan fingerprint density at radius 1 is 1.04 bits per heavy atom. The molecule has 27 heavy (non-hydrogen) atoms. The topological polar surface area (TPSA) is 80.3 Å². The second-order valence-electron chi connectivity index (χ2n) is 6.02. The molecule has 0 saturated heterocycles. The fourth-order valence-electron chi connectivity index (χ4n) is 3.04. The van der Waals surface area contributed by atoms with Crippen LogP contribution in [0.1, 0.15) is 21.5 Å². The van der Waals surface area contributed by atoms with E-state index in [1.807, 2.05) is 36.4 Å². The zero-order valence-corrected chi connectivity index (χ0v) is 14.1. The second-order valence-corrected chi connectivity index (χ2v) is 6.02. The van der Waals surface area contributed by atoms with E-state index in [-0.39, 0.29) is 6.61 Å². The minimum Gasteiger partial charge on any atom is -0.457 e. The van der Waals surface area contributed by atoms with Crippen molar-refractivity contribution in [3.63, 3.8) is 0 Å². The average Bonchev–Trinajstić information content (AvgIpc) is 2.71. The Labute approximate surface area is 154 Å². The van der Waals surface area contributed by atoms with Crippen LogP contribution in [0.15, 0.2) is 75.9 Å². The van der Waals surface area contributed by atoms with Crippen LogP contribution in [0.2, 0.25) is 0 Å². The van der Waals surface area contributed by atoms with Crippen LogP contribution in [0, 0.1) is 11.3 Å². The molecule has 0 amide bonds. The van der Waals surface area contributed by atoms with Crippen molar-refractivity contribution < 1.29 is 13.9 Å². The maximum atomic E-state index is 12.3. The van der Waals surface area contributed by atoms with Gasteiger partial charge in [0.1, 0.15) is 12.2 Å². The Morgan fingerprint density at radius 3 is 2.59 bits per heavy atom. The van der Waals surface area contributed by atoms with Crippen LogP contribution < -0.4 is 5.63 Å². The number of rotatable bonds is 3. The highest BCUT2D eigenvalue weighted by atomic mass is 16.5. The van der Waals surface area contributed by atoms with Gasteiger partial charge < -0.3 is 9.15 Å². The molecule has 0 spiro atoms. The summed E-state index contributed by atoms with van der Waals surface area (Å²) in [5.41, 5.74) is 1.34. The van der Waals surface area contributed by atoms with Gasteiger partial charge in [-0.05, 0) is 41.1 Å². The Balaban J connectivity index is 1.70. The van der Waals surface area contributed by atoms with Crippen molar-refractivity contribution in [2.75, 3.05) is 0 Å². The third-order valence-electron chi connectivity index (χ3n) is 4.32. The molecule has 0 aliphatic heterocycles. The van der Waals surface area contributed by atoms with Crippen LogP contribution in [-0.4, -0.2) is 5.97 Å². The number of hydrogen-bond acceptors (Lipinski definition) is 5. The van der Waals surface area contributed by atoms with Gasteiger partial charge in [0.2, 0.25) is 0 Å². The van der Waals surface area contributed by atoms with Gasteiger partial charge in [0.25, 0.3) is 0 Å². The summed E-state index contributed by atoms with van der Waals surface area (Å²) < 4.78 is 10.7.